The van der Waals surface area contributed by atoms with Gasteiger partial charge >= 0.3 is 0 Å². The van der Waals surface area contributed by atoms with Crippen molar-refractivity contribution >= 4 is 35.6 Å². The van der Waals surface area contributed by atoms with Crippen molar-refractivity contribution in [3.05, 3.63) is 18.2 Å². The van der Waals surface area contributed by atoms with E-state index < -0.39 is 0 Å². The van der Waals surface area contributed by atoms with Crippen LogP contribution in [0.25, 0.3) is 0 Å². The third kappa shape index (κ3) is 7.76. The molecule has 0 aromatic heterocycles. The van der Waals surface area contributed by atoms with Gasteiger partial charge in [-0.05, 0) is 29.9 Å². The Labute approximate surface area is 157 Å². The van der Waals surface area contributed by atoms with E-state index in [4.69, 9.17) is 15.2 Å². The molecular weight excluding hydrogens is 405 g/mol. The minimum atomic E-state index is 0. The van der Waals surface area contributed by atoms with Gasteiger partial charge in [0, 0.05) is 12.6 Å². The van der Waals surface area contributed by atoms with E-state index in [1.54, 1.807) is 14.2 Å². The van der Waals surface area contributed by atoms with Crippen molar-refractivity contribution in [3.63, 3.8) is 0 Å². The Kier molecular flexibility index (Phi) is 9.34. The van der Waals surface area contributed by atoms with E-state index in [0.29, 0.717) is 24.2 Å². The van der Waals surface area contributed by atoms with E-state index in [9.17, 15) is 0 Å². The number of nitrogens with two attached hydrogens (primary N) is 1. The number of anilines is 1. The summed E-state index contributed by atoms with van der Waals surface area (Å²) in [6.07, 6.45) is 1.10. The van der Waals surface area contributed by atoms with Crippen molar-refractivity contribution < 1.29 is 9.47 Å². The summed E-state index contributed by atoms with van der Waals surface area (Å²) in [5.74, 6) is 2.44. The first kappa shape index (κ1) is 21.8. The number of hydrogen-bond donors (Lipinski definition) is 2. The normalized spacial score (nSPS) is 11.9. The van der Waals surface area contributed by atoms with E-state index in [2.05, 4.69) is 38.0 Å². The van der Waals surface area contributed by atoms with Crippen LogP contribution in [0.3, 0.4) is 0 Å². The predicted octanol–water partition coefficient (Wildman–Crippen LogP) is 4.12. The summed E-state index contributed by atoms with van der Waals surface area (Å²) >= 11 is 0. The van der Waals surface area contributed by atoms with Gasteiger partial charge in [0.15, 0.2) is 5.96 Å². The molecule has 0 radical (unpaired) electrons. The van der Waals surface area contributed by atoms with Crippen LogP contribution < -0.4 is 20.5 Å². The second kappa shape index (κ2) is 9.85. The fraction of sp³-hybridized carbons (Fsp3) is 0.588. The summed E-state index contributed by atoms with van der Waals surface area (Å²) in [5, 5.41) is 3.08. The zero-order valence-corrected chi connectivity index (χ0v) is 17.3. The van der Waals surface area contributed by atoms with Crippen molar-refractivity contribution in [1.29, 1.82) is 0 Å². The molecule has 0 aliphatic rings. The van der Waals surface area contributed by atoms with E-state index in [1.165, 1.54) is 0 Å². The van der Waals surface area contributed by atoms with E-state index in [0.717, 1.165) is 17.9 Å². The SMILES string of the molecule is COc1ccc(OC)c(NC(N)=NCC(C)(C)CC(C)C)c1.I. The highest BCUT2D eigenvalue weighted by atomic mass is 127. The fourth-order valence-electron chi connectivity index (χ4n) is 2.56. The Balaban J connectivity index is 0.00000484. The molecule has 1 aromatic rings. The molecule has 0 aliphatic carbocycles. The van der Waals surface area contributed by atoms with Crippen LogP contribution >= 0.6 is 24.0 Å². The lowest BCUT2D eigenvalue weighted by Crippen LogP contribution is -2.26. The molecule has 0 spiro atoms. The maximum atomic E-state index is 6.00. The quantitative estimate of drug-likeness (QED) is 0.384. The Morgan fingerprint density at radius 2 is 1.91 bits per heavy atom. The number of halogens is 1. The minimum absolute atomic E-state index is 0. The first-order valence-electron chi connectivity index (χ1n) is 7.56. The Morgan fingerprint density at radius 1 is 1.26 bits per heavy atom. The standard InChI is InChI=1S/C17H29N3O2.HI/c1-12(2)10-17(3,4)11-19-16(18)20-14-9-13(21-5)7-8-15(14)22-6;/h7-9,12H,10-11H2,1-6H3,(H3,18,19,20);1H. The molecule has 0 amide bonds. The number of hydrogen-bond acceptors (Lipinski definition) is 3. The van der Waals surface area contributed by atoms with Gasteiger partial charge in [-0.3, -0.25) is 4.99 Å². The summed E-state index contributed by atoms with van der Waals surface area (Å²) in [6, 6.07) is 5.50. The lowest BCUT2D eigenvalue weighted by molar-refractivity contribution is 0.298. The van der Waals surface area contributed by atoms with Gasteiger partial charge in [0.25, 0.3) is 0 Å². The average Bonchev–Trinajstić information content (AvgIpc) is 2.44. The number of rotatable bonds is 7. The highest BCUT2D eigenvalue weighted by Gasteiger charge is 2.19. The van der Waals surface area contributed by atoms with Crippen LogP contribution in [0.2, 0.25) is 0 Å². The van der Waals surface area contributed by atoms with E-state index >= 15 is 0 Å². The second-order valence-electron chi connectivity index (χ2n) is 6.65. The third-order valence-electron chi connectivity index (χ3n) is 3.31. The zero-order chi connectivity index (χ0) is 16.8. The summed E-state index contributed by atoms with van der Waals surface area (Å²) in [4.78, 5) is 4.46. The summed E-state index contributed by atoms with van der Waals surface area (Å²) in [5.41, 5.74) is 6.87. The number of guanidine groups is 1. The maximum Gasteiger partial charge on any atom is 0.193 e. The van der Waals surface area contributed by atoms with Gasteiger partial charge in [-0.2, -0.15) is 0 Å². The van der Waals surface area contributed by atoms with Crippen LogP contribution in [0.5, 0.6) is 11.5 Å². The van der Waals surface area contributed by atoms with Crippen molar-refractivity contribution in [2.24, 2.45) is 22.1 Å². The smallest absolute Gasteiger partial charge is 0.193 e. The van der Waals surface area contributed by atoms with Crippen molar-refractivity contribution in [3.8, 4) is 11.5 Å². The van der Waals surface area contributed by atoms with E-state index in [1.807, 2.05) is 18.2 Å². The molecule has 1 aromatic carbocycles. The minimum Gasteiger partial charge on any atom is -0.497 e. The predicted molar refractivity (Wildman–Crippen MR) is 108 cm³/mol. The second-order valence-corrected chi connectivity index (χ2v) is 6.65. The number of benzene rings is 1. The highest BCUT2D eigenvalue weighted by molar-refractivity contribution is 14.0. The van der Waals surface area contributed by atoms with Gasteiger partial charge in [0.1, 0.15) is 11.5 Å². The number of nitrogens with zero attached hydrogens (tertiary/aromatic N) is 1. The lowest BCUT2D eigenvalue weighted by Gasteiger charge is -2.24. The molecule has 0 atom stereocenters. The van der Waals surface area contributed by atoms with Crippen LogP contribution in [0.1, 0.15) is 34.1 Å². The van der Waals surface area contributed by atoms with Gasteiger partial charge < -0.3 is 20.5 Å². The molecule has 0 fully saturated rings. The first-order valence-corrected chi connectivity index (χ1v) is 7.56. The van der Waals surface area contributed by atoms with Gasteiger partial charge in [-0.15, -0.1) is 24.0 Å². The molecule has 0 heterocycles. The average molecular weight is 435 g/mol. The molecule has 0 saturated heterocycles. The molecule has 0 aliphatic heterocycles. The van der Waals surface area contributed by atoms with Crippen LogP contribution in [0.15, 0.2) is 23.2 Å². The lowest BCUT2D eigenvalue weighted by atomic mass is 9.84. The molecule has 5 nitrogen and oxygen atoms in total. The Bertz CT molecular complexity index is 517. The molecule has 0 saturated carbocycles. The first-order chi connectivity index (χ1) is 10.3. The van der Waals surface area contributed by atoms with Gasteiger partial charge in [0.2, 0.25) is 0 Å². The zero-order valence-electron chi connectivity index (χ0n) is 15.0. The monoisotopic (exact) mass is 435 g/mol. The topological polar surface area (TPSA) is 68.9 Å². The number of ether oxygens (including phenoxy) is 2. The van der Waals surface area contributed by atoms with E-state index in [-0.39, 0.29) is 29.4 Å². The molecule has 3 N–H and O–H groups in total. The molecule has 1 rings (SSSR count). The van der Waals surface area contributed by atoms with Crippen molar-refractivity contribution in [1.82, 2.24) is 0 Å². The molecule has 132 valence electrons. The third-order valence-corrected chi connectivity index (χ3v) is 3.31. The summed E-state index contributed by atoms with van der Waals surface area (Å²) in [6.45, 7) is 9.52. The van der Waals surface area contributed by atoms with Crippen LogP contribution in [-0.2, 0) is 0 Å². The summed E-state index contributed by atoms with van der Waals surface area (Å²) in [7, 11) is 3.24. The largest absolute Gasteiger partial charge is 0.497 e. The van der Waals surface area contributed by atoms with Crippen LogP contribution in [-0.4, -0.2) is 26.7 Å². The van der Waals surface area contributed by atoms with Gasteiger partial charge in [-0.25, -0.2) is 0 Å². The van der Waals surface area contributed by atoms with Crippen molar-refractivity contribution in [2.45, 2.75) is 34.1 Å². The van der Waals surface area contributed by atoms with Gasteiger partial charge in [0.05, 0.1) is 19.9 Å². The maximum absolute atomic E-state index is 6.00. The fourth-order valence-corrected chi connectivity index (χ4v) is 2.56. The molecule has 23 heavy (non-hydrogen) atoms. The molecular formula is C17H30IN3O2. The molecule has 0 bridgehead atoms. The number of nitrogens with one attached hydrogen (secondary N) is 1. The molecule has 6 heteroatoms. The summed E-state index contributed by atoms with van der Waals surface area (Å²) < 4.78 is 10.5. The number of methoxy groups -OCH3 is 2. The number of aliphatic imine (C=N–C) groups is 1. The van der Waals surface area contributed by atoms with Gasteiger partial charge in [-0.1, -0.05) is 27.7 Å². The van der Waals surface area contributed by atoms with Crippen molar-refractivity contribution in [2.75, 3.05) is 26.1 Å². The highest BCUT2D eigenvalue weighted by Crippen LogP contribution is 2.29. The molecule has 0 unspecified atom stereocenters. The Hall–Kier alpha value is -1.18. The van der Waals surface area contributed by atoms with Crippen LogP contribution in [0, 0.1) is 11.3 Å². The Morgan fingerprint density at radius 3 is 2.43 bits per heavy atom. The van der Waals surface area contributed by atoms with Crippen LogP contribution in [0.4, 0.5) is 5.69 Å².